The molecule has 2 N–H and O–H groups in total. The van der Waals surface area contributed by atoms with Gasteiger partial charge >= 0.3 is 0 Å². The Hall–Kier alpha value is -1.63. The third-order valence-corrected chi connectivity index (χ3v) is 6.73. The van der Waals surface area contributed by atoms with E-state index in [1.54, 1.807) is 12.1 Å². The minimum Gasteiger partial charge on any atom is -0.352 e. The molecule has 1 aromatic rings. The number of carbonyl (C=O) groups is 2. The molecule has 2 aliphatic rings. The van der Waals surface area contributed by atoms with E-state index in [-0.39, 0.29) is 11.8 Å². The number of amides is 2. The fraction of sp³-hybridized carbons (Fsp3) is 0.636. The summed E-state index contributed by atoms with van der Waals surface area (Å²) in [4.78, 5) is 29.1. The summed E-state index contributed by atoms with van der Waals surface area (Å²) in [6.07, 6.45) is 3.55. The van der Waals surface area contributed by atoms with E-state index < -0.39 is 0 Å². The second-order valence-corrected chi connectivity index (χ2v) is 8.93. The maximum atomic E-state index is 12.5. The van der Waals surface area contributed by atoms with E-state index in [1.807, 2.05) is 12.1 Å². The monoisotopic (exact) mass is 420 g/mol. The highest BCUT2D eigenvalue weighted by Crippen LogP contribution is 2.29. The zero-order valence-electron chi connectivity index (χ0n) is 17.5. The van der Waals surface area contributed by atoms with Crippen molar-refractivity contribution in [2.45, 2.75) is 39.2 Å². The summed E-state index contributed by atoms with van der Waals surface area (Å²) in [7, 11) is 0. The zero-order chi connectivity index (χ0) is 20.8. The molecule has 1 heterocycles. The fourth-order valence-electron chi connectivity index (χ4n) is 4.30. The van der Waals surface area contributed by atoms with Crippen LogP contribution < -0.4 is 10.6 Å². The molecule has 1 saturated carbocycles. The third kappa shape index (κ3) is 6.43. The average molecular weight is 421 g/mol. The molecule has 0 unspecified atom stereocenters. The zero-order valence-corrected chi connectivity index (χ0v) is 18.3. The number of nitrogens with zero attached hydrogens (tertiary/aromatic N) is 2. The van der Waals surface area contributed by atoms with Crippen LogP contribution in [0, 0.1) is 11.8 Å². The summed E-state index contributed by atoms with van der Waals surface area (Å²) in [5.41, 5.74) is 0.640. The Morgan fingerprint density at radius 2 is 1.62 bits per heavy atom. The van der Waals surface area contributed by atoms with Crippen molar-refractivity contribution in [3.8, 4) is 0 Å². The molecule has 0 radical (unpaired) electrons. The Morgan fingerprint density at radius 1 is 1.00 bits per heavy atom. The number of rotatable bonds is 6. The minimum absolute atomic E-state index is 0.0651. The minimum atomic E-state index is -0.0651. The van der Waals surface area contributed by atoms with Gasteiger partial charge in [0.1, 0.15) is 0 Å². The van der Waals surface area contributed by atoms with E-state index in [9.17, 15) is 9.59 Å². The topological polar surface area (TPSA) is 64.7 Å². The van der Waals surface area contributed by atoms with Crippen LogP contribution in [0.5, 0.6) is 0 Å². The van der Waals surface area contributed by atoms with Crippen LogP contribution in [-0.2, 0) is 9.59 Å². The van der Waals surface area contributed by atoms with Gasteiger partial charge in [-0.25, -0.2) is 0 Å². The number of benzene rings is 1. The summed E-state index contributed by atoms with van der Waals surface area (Å²) in [6.45, 7) is 8.46. The highest BCUT2D eigenvalue weighted by Gasteiger charge is 2.29. The fourth-order valence-corrected chi connectivity index (χ4v) is 4.49. The van der Waals surface area contributed by atoms with Crippen LogP contribution in [0.3, 0.4) is 0 Å². The van der Waals surface area contributed by atoms with Gasteiger partial charge in [0.15, 0.2) is 0 Å². The first-order chi connectivity index (χ1) is 13.9. The van der Waals surface area contributed by atoms with Gasteiger partial charge in [0.2, 0.25) is 11.8 Å². The van der Waals surface area contributed by atoms with Crippen LogP contribution in [0.4, 0.5) is 5.69 Å². The molecule has 3 atom stereocenters. The average Bonchev–Trinajstić information content (AvgIpc) is 2.69. The Bertz CT molecular complexity index is 706. The number of para-hydroxylation sites is 1. The van der Waals surface area contributed by atoms with Crippen molar-refractivity contribution in [1.82, 2.24) is 15.1 Å². The Labute approximate surface area is 179 Å². The lowest BCUT2D eigenvalue weighted by atomic mass is 9.78. The van der Waals surface area contributed by atoms with Gasteiger partial charge in [0.05, 0.1) is 23.8 Å². The molecule has 1 saturated heterocycles. The lowest BCUT2D eigenvalue weighted by Crippen LogP contribution is -2.52. The van der Waals surface area contributed by atoms with E-state index >= 15 is 0 Å². The van der Waals surface area contributed by atoms with Gasteiger partial charge in [-0.1, -0.05) is 50.4 Å². The molecular weight excluding hydrogens is 388 g/mol. The van der Waals surface area contributed by atoms with Crippen molar-refractivity contribution in [2.24, 2.45) is 11.8 Å². The highest BCUT2D eigenvalue weighted by atomic mass is 35.5. The van der Waals surface area contributed by atoms with Crippen molar-refractivity contribution < 1.29 is 9.59 Å². The molecule has 1 aliphatic carbocycles. The normalized spacial score (nSPS) is 26.1. The molecule has 0 aromatic heterocycles. The van der Waals surface area contributed by atoms with Gasteiger partial charge in [0, 0.05) is 32.2 Å². The first-order valence-electron chi connectivity index (χ1n) is 10.7. The van der Waals surface area contributed by atoms with Crippen LogP contribution in [0.1, 0.15) is 33.1 Å². The Balaban J connectivity index is 1.37. The first-order valence-corrected chi connectivity index (χ1v) is 11.1. The summed E-state index contributed by atoms with van der Waals surface area (Å²) >= 11 is 6.09. The van der Waals surface area contributed by atoms with Crippen LogP contribution >= 0.6 is 11.6 Å². The standard InChI is InChI=1S/C22H33ClN4O2/c1-16-6-5-9-19(17(16)2)24-21(28)14-26-10-12-27(13-11-26)15-22(29)25-20-8-4-3-7-18(20)23/h3-4,7-8,16-17,19H,5-6,9-15H2,1-2H3,(H,24,28)(H,25,29)/t16-,17-,19+/m1/s1. The molecule has 6 nitrogen and oxygen atoms in total. The van der Waals surface area contributed by atoms with Crippen molar-refractivity contribution >= 4 is 29.1 Å². The number of nitrogens with one attached hydrogen (secondary N) is 2. The smallest absolute Gasteiger partial charge is 0.238 e. The van der Waals surface area contributed by atoms with Gasteiger partial charge in [-0.15, -0.1) is 0 Å². The summed E-state index contributed by atoms with van der Waals surface area (Å²) < 4.78 is 0. The lowest BCUT2D eigenvalue weighted by Gasteiger charge is -2.36. The van der Waals surface area contributed by atoms with Crippen LogP contribution in [0.2, 0.25) is 5.02 Å². The maximum Gasteiger partial charge on any atom is 0.238 e. The number of piperazine rings is 1. The van der Waals surface area contributed by atoms with E-state index in [4.69, 9.17) is 11.6 Å². The summed E-state index contributed by atoms with van der Waals surface area (Å²) in [6, 6.07) is 7.55. The van der Waals surface area contributed by atoms with Crippen LogP contribution in [-0.4, -0.2) is 66.9 Å². The van der Waals surface area contributed by atoms with Crippen molar-refractivity contribution in [2.75, 3.05) is 44.6 Å². The molecule has 0 bridgehead atoms. The third-order valence-electron chi connectivity index (χ3n) is 6.40. The molecular formula is C22H33ClN4O2. The second kappa shape index (κ2) is 10.4. The summed E-state index contributed by atoms with van der Waals surface area (Å²) in [5, 5.41) is 6.66. The molecule has 3 rings (SSSR count). The highest BCUT2D eigenvalue weighted by molar-refractivity contribution is 6.33. The van der Waals surface area contributed by atoms with Gasteiger partial charge in [-0.05, 0) is 30.4 Å². The van der Waals surface area contributed by atoms with Crippen molar-refractivity contribution in [1.29, 1.82) is 0 Å². The molecule has 2 amide bonds. The molecule has 0 spiro atoms. The first kappa shape index (κ1) is 22.1. The number of halogens is 1. The number of anilines is 1. The molecule has 1 aromatic carbocycles. The van der Waals surface area contributed by atoms with Crippen LogP contribution in [0.25, 0.3) is 0 Å². The van der Waals surface area contributed by atoms with Gasteiger partial charge < -0.3 is 10.6 Å². The molecule has 2 fully saturated rings. The van der Waals surface area contributed by atoms with Crippen molar-refractivity contribution in [3.63, 3.8) is 0 Å². The second-order valence-electron chi connectivity index (χ2n) is 8.52. The molecule has 29 heavy (non-hydrogen) atoms. The Kier molecular flexibility index (Phi) is 7.92. The number of hydrogen-bond donors (Lipinski definition) is 2. The SMILES string of the molecule is C[C@@H]1[C@H](C)CCC[C@@H]1NC(=O)CN1CCN(CC(=O)Nc2ccccc2Cl)CC1. The number of hydrogen-bond acceptors (Lipinski definition) is 4. The molecule has 1 aliphatic heterocycles. The predicted molar refractivity (Wildman–Crippen MR) is 117 cm³/mol. The quantitative estimate of drug-likeness (QED) is 0.742. The molecule has 160 valence electrons. The summed E-state index contributed by atoms with van der Waals surface area (Å²) in [5.74, 6) is 1.28. The maximum absolute atomic E-state index is 12.5. The van der Waals surface area contributed by atoms with E-state index in [1.165, 1.54) is 12.8 Å². The van der Waals surface area contributed by atoms with E-state index in [0.29, 0.717) is 41.7 Å². The predicted octanol–water partition coefficient (Wildman–Crippen LogP) is 2.84. The largest absolute Gasteiger partial charge is 0.352 e. The number of carbonyl (C=O) groups excluding carboxylic acids is 2. The Morgan fingerprint density at radius 3 is 2.28 bits per heavy atom. The van der Waals surface area contributed by atoms with Crippen LogP contribution in [0.15, 0.2) is 24.3 Å². The van der Waals surface area contributed by atoms with Gasteiger partial charge in [-0.3, -0.25) is 19.4 Å². The van der Waals surface area contributed by atoms with E-state index in [0.717, 1.165) is 32.6 Å². The van der Waals surface area contributed by atoms with E-state index in [2.05, 4.69) is 34.3 Å². The van der Waals surface area contributed by atoms with Gasteiger partial charge in [-0.2, -0.15) is 0 Å². The molecule has 7 heteroatoms. The van der Waals surface area contributed by atoms with Crippen molar-refractivity contribution in [3.05, 3.63) is 29.3 Å². The lowest BCUT2D eigenvalue weighted by molar-refractivity contribution is -0.124. The van der Waals surface area contributed by atoms with Gasteiger partial charge in [0.25, 0.3) is 0 Å².